The Morgan fingerprint density at radius 3 is 2.69 bits per heavy atom. The Morgan fingerprint density at radius 2 is 2.00 bits per heavy atom. The number of hydrogen-bond donors (Lipinski definition) is 1. The normalized spacial score (nSPS) is 19.9. The van der Waals surface area contributed by atoms with E-state index >= 15 is 0 Å². The highest BCUT2D eigenvalue weighted by atomic mass is 16.2. The quantitative estimate of drug-likeness (QED) is 0.769. The predicted octanol–water partition coefficient (Wildman–Crippen LogP) is 2.47. The molecule has 0 radical (unpaired) electrons. The van der Waals surface area contributed by atoms with E-state index in [1.54, 1.807) is 0 Å². The van der Waals surface area contributed by atoms with Crippen molar-refractivity contribution in [2.75, 3.05) is 5.32 Å². The summed E-state index contributed by atoms with van der Waals surface area (Å²) in [5.41, 5.74) is 2.79. The van der Waals surface area contributed by atoms with Crippen LogP contribution in [0.5, 0.6) is 0 Å². The number of fused-ring (bicyclic) bond motifs is 1. The molecule has 1 aliphatic heterocycles. The van der Waals surface area contributed by atoms with Crippen LogP contribution < -0.4 is 5.32 Å². The minimum atomic E-state index is -0.285. The third-order valence-electron chi connectivity index (χ3n) is 2.81. The lowest BCUT2D eigenvalue weighted by Gasteiger charge is -2.13. The van der Waals surface area contributed by atoms with Crippen LogP contribution >= 0.6 is 0 Å². The molecule has 0 bridgehead atoms. The van der Waals surface area contributed by atoms with Crippen LogP contribution in [0.15, 0.2) is 29.3 Å². The highest BCUT2D eigenvalue weighted by Gasteiger charge is 2.25. The molecule has 0 aromatic heterocycles. The molecular weight excluding hydrogens is 200 g/mol. The van der Waals surface area contributed by atoms with Gasteiger partial charge in [-0.2, -0.15) is 0 Å². The van der Waals surface area contributed by atoms with Crippen molar-refractivity contribution >= 4 is 17.3 Å². The third-order valence-corrected chi connectivity index (χ3v) is 2.81. The summed E-state index contributed by atoms with van der Waals surface area (Å²) in [4.78, 5) is 16.4. The highest BCUT2D eigenvalue weighted by molar-refractivity contribution is 6.10. The first kappa shape index (κ1) is 10.9. The standard InChI is InChI=1S/C13H16N2O/c1-8(2)12-13(16)15-11-7-5-4-6-10(11)9(3)14-12/h4-8,12H,1-3H3,(H,15,16). The van der Waals surface area contributed by atoms with E-state index in [-0.39, 0.29) is 17.9 Å². The van der Waals surface area contributed by atoms with Gasteiger partial charge in [-0.05, 0) is 18.9 Å². The lowest BCUT2D eigenvalue weighted by molar-refractivity contribution is -0.118. The molecular formula is C13H16N2O. The van der Waals surface area contributed by atoms with Gasteiger partial charge in [-0.3, -0.25) is 9.79 Å². The maximum Gasteiger partial charge on any atom is 0.249 e. The molecule has 0 saturated carbocycles. The summed E-state index contributed by atoms with van der Waals surface area (Å²) in [6, 6.07) is 7.49. The highest BCUT2D eigenvalue weighted by Crippen LogP contribution is 2.22. The van der Waals surface area contributed by atoms with Crippen molar-refractivity contribution in [1.29, 1.82) is 0 Å². The Labute approximate surface area is 95.6 Å². The number of benzene rings is 1. The van der Waals surface area contributed by atoms with Crippen LogP contribution in [0.1, 0.15) is 26.3 Å². The van der Waals surface area contributed by atoms with E-state index in [0.29, 0.717) is 0 Å². The van der Waals surface area contributed by atoms with Crippen LogP contribution in [0, 0.1) is 5.92 Å². The van der Waals surface area contributed by atoms with Crippen LogP contribution in [-0.2, 0) is 4.79 Å². The van der Waals surface area contributed by atoms with Gasteiger partial charge in [0.25, 0.3) is 0 Å². The average Bonchev–Trinajstić information content (AvgIpc) is 2.37. The molecule has 0 spiro atoms. The van der Waals surface area contributed by atoms with Gasteiger partial charge in [-0.15, -0.1) is 0 Å². The zero-order valence-electron chi connectivity index (χ0n) is 9.82. The van der Waals surface area contributed by atoms with Gasteiger partial charge in [0.05, 0.1) is 0 Å². The average molecular weight is 216 g/mol. The Bertz CT molecular complexity index is 449. The second kappa shape index (κ2) is 4.08. The molecule has 1 aromatic rings. The fourth-order valence-electron chi connectivity index (χ4n) is 1.90. The molecule has 1 unspecified atom stereocenters. The summed E-state index contributed by atoms with van der Waals surface area (Å²) < 4.78 is 0. The Hall–Kier alpha value is -1.64. The number of nitrogens with one attached hydrogen (secondary N) is 1. The molecule has 16 heavy (non-hydrogen) atoms. The van der Waals surface area contributed by atoms with Crippen molar-refractivity contribution in [3.05, 3.63) is 29.8 Å². The van der Waals surface area contributed by atoms with Crippen molar-refractivity contribution in [3.8, 4) is 0 Å². The maximum atomic E-state index is 11.9. The molecule has 84 valence electrons. The van der Waals surface area contributed by atoms with Crippen LogP contribution in [0.4, 0.5) is 5.69 Å². The van der Waals surface area contributed by atoms with Gasteiger partial charge in [0, 0.05) is 17.0 Å². The lowest BCUT2D eigenvalue weighted by Crippen LogP contribution is -2.29. The number of benzodiazepines with no additional fused rings is 1. The van der Waals surface area contributed by atoms with Crippen molar-refractivity contribution in [2.45, 2.75) is 26.8 Å². The van der Waals surface area contributed by atoms with Gasteiger partial charge in [0.1, 0.15) is 6.04 Å². The number of para-hydroxylation sites is 1. The molecule has 1 heterocycles. The monoisotopic (exact) mass is 216 g/mol. The lowest BCUT2D eigenvalue weighted by atomic mass is 10.0. The number of carbonyl (C=O) groups excluding carboxylic acids is 1. The van der Waals surface area contributed by atoms with Gasteiger partial charge >= 0.3 is 0 Å². The van der Waals surface area contributed by atoms with Crippen LogP contribution in [0.2, 0.25) is 0 Å². The first-order valence-corrected chi connectivity index (χ1v) is 5.54. The number of anilines is 1. The largest absolute Gasteiger partial charge is 0.324 e. The second-order valence-corrected chi connectivity index (χ2v) is 4.44. The first-order valence-electron chi connectivity index (χ1n) is 5.54. The van der Waals surface area contributed by atoms with Crippen LogP contribution in [0.3, 0.4) is 0 Å². The number of aliphatic imine (C=N–C) groups is 1. The Balaban J connectivity index is 2.48. The van der Waals surface area contributed by atoms with Crippen molar-refractivity contribution in [3.63, 3.8) is 0 Å². The summed E-state index contributed by atoms with van der Waals surface area (Å²) in [7, 11) is 0. The molecule has 3 nitrogen and oxygen atoms in total. The van der Waals surface area contributed by atoms with Gasteiger partial charge < -0.3 is 5.32 Å². The van der Waals surface area contributed by atoms with Crippen LogP contribution in [0.25, 0.3) is 0 Å². The fourth-order valence-corrected chi connectivity index (χ4v) is 1.90. The van der Waals surface area contributed by atoms with E-state index in [9.17, 15) is 4.79 Å². The number of hydrogen-bond acceptors (Lipinski definition) is 2. The smallest absolute Gasteiger partial charge is 0.249 e. The Morgan fingerprint density at radius 1 is 1.31 bits per heavy atom. The molecule has 0 aliphatic carbocycles. The number of rotatable bonds is 1. The van der Waals surface area contributed by atoms with Crippen molar-refractivity contribution in [1.82, 2.24) is 0 Å². The predicted molar refractivity (Wildman–Crippen MR) is 65.9 cm³/mol. The van der Waals surface area contributed by atoms with E-state index in [1.165, 1.54) is 0 Å². The topological polar surface area (TPSA) is 41.5 Å². The first-order chi connectivity index (χ1) is 7.59. The zero-order valence-corrected chi connectivity index (χ0v) is 9.82. The Kier molecular flexibility index (Phi) is 2.77. The van der Waals surface area contributed by atoms with E-state index < -0.39 is 0 Å². The molecule has 1 N–H and O–H groups in total. The molecule has 0 saturated heterocycles. The number of carbonyl (C=O) groups is 1. The molecule has 3 heteroatoms. The molecule has 1 aromatic carbocycles. The summed E-state index contributed by atoms with van der Waals surface area (Å²) >= 11 is 0. The minimum Gasteiger partial charge on any atom is -0.324 e. The van der Waals surface area contributed by atoms with E-state index in [2.05, 4.69) is 10.3 Å². The fraction of sp³-hybridized carbons (Fsp3) is 0.385. The SMILES string of the molecule is CC1=NC(C(C)C)C(=O)Nc2ccccc21. The van der Waals surface area contributed by atoms with E-state index in [0.717, 1.165) is 17.0 Å². The number of nitrogens with zero attached hydrogens (tertiary/aromatic N) is 1. The van der Waals surface area contributed by atoms with Crippen molar-refractivity contribution in [2.24, 2.45) is 10.9 Å². The maximum absolute atomic E-state index is 11.9. The summed E-state index contributed by atoms with van der Waals surface area (Å²) in [5.74, 6) is 0.198. The third kappa shape index (κ3) is 1.85. The molecule has 1 amide bonds. The minimum absolute atomic E-state index is 0.0145. The summed E-state index contributed by atoms with van der Waals surface area (Å²) in [5, 5.41) is 2.93. The molecule has 1 atom stereocenters. The van der Waals surface area contributed by atoms with Gasteiger partial charge in [-0.25, -0.2) is 0 Å². The molecule has 2 rings (SSSR count). The summed E-state index contributed by atoms with van der Waals surface area (Å²) in [6.45, 7) is 5.97. The van der Waals surface area contributed by atoms with Gasteiger partial charge in [0.15, 0.2) is 0 Å². The van der Waals surface area contributed by atoms with E-state index in [4.69, 9.17) is 0 Å². The van der Waals surface area contributed by atoms with Gasteiger partial charge in [-0.1, -0.05) is 32.0 Å². The summed E-state index contributed by atoms with van der Waals surface area (Å²) in [6.07, 6.45) is 0. The number of amides is 1. The van der Waals surface area contributed by atoms with Crippen LogP contribution in [-0.4, -0.2) is 17.7 Å². The molecule has 0 fully saturated rings. The van der Waals surface area contributed by atoms with Crippen molar-refractivity contribution < 1.29 is 4.79 Å². The second-order valence-electron chi connectivity index (χ2n) is 4.44. The van der Waals surface area contributed by atoms with E-state index in [1.807, 2.05) is 45.0 Å². The molecule has 1 aliphatic rings. The van der Waals surface area contributed by atoms with Gasteiger partial charge in [0.2, 0.25) is 5.91 Å². The zero-order chi connectivity index (χ0) is 11.7.